The number of imidazole rings is 1. The largest absolute Gasteiger partial charge is 0.494 e. The highest BCUT2D eigenvalue weighted by atomic mass is 32.2. The number of nitrogens with one attached hydrogen (secondary N) is 1. The quantitative estimate of drug-likeness (QED) is 0.712. The van der Waals surface area contributed by atoms with Gasteiger partial charge in [-0.2, -0.15) is 0 Å². The van der Waals surface area contributed by atoms with Gasteiger partial charge in [-0.05, 0) is 37.1 Å². The van der Waals surface area contributed by atoms with Crippen LogP contribution >= 0.6 is 11.8 Å². The fourth-order valence-electron chi connectivity index (χ4n) is 3.10. The number of aromatic nitrogens is 2. The van der Waals surface area contributed by atoms with Crippen molar-refractivity contribution in [3.05, 3.63) is 48.0 Å². The van der Waals surface area contributed by atoms with E-state index in [9.17, 15) is 4.79 Å². The van der Waals surface area contributed by atoms with Gasteiger partial charge >= 0.3 is 0 Å². The van der Waals surface area contributed by atoms with Gasteiger partial charge in [-0.1, -0.05) is 30.0 Å². The van der Waals surface area contributed by atoms with Gasteiger partial charge in [-0.3, -0.25) is 4.79 Å². The first-order valence-corrected chi connectivity index (χ1v) is 9.37. The maximum absolute atomic E-state index is 12.6. The first kappa shape index (κ1) is 16.0. The van der Waals surface area contributed by atoms with E-state index < -0.39 is 0 Å². The lowest BCUT2D eigenvalue weighted by Crippen LogP contribution is -2.30. The van der Waals surface area contributed by atoms with Gasteiger partial charge in [0.2, 0.25) is 5.91 Å². The van der Waals surface area contributed by atoms with Crippen LogP contribution in [0.2, 0.25) is 0 Å². The molecule has 0 atom stereocenters. The first-order valence-electron chi connectivity index (χ1n) is 8.38. The molecule has 0 radical (unpaired) electrons. The van der Waals surface area contributed by atoms with Crippen molar-refractivity contribution >= 4 is 34.4 Å². The fraction of sp³-hybridized carbons (Fsp3) is 0.263. The van der Waals surface area contributed by atoms with Crippen LogP contribution in [0.5, 0.6) is 5.75 Å². The van der Waals surface area contributed by atoms with Crippen LogP contribution in [0.4, 0.5) is 5.69 Å². The zero-order valence-corrected chi connectivity index (χ0v) is 14.8. The zero-order chi connectivity index (χ0) is 17.2. The molecule has 0 bridgehead atoms. The Morgan fingerprint density at radius 1 is 1.32 bits per heavy atom. The Kier molecular flexibility index (Phi) is 4.36. The number of hydrogen-bond acceptors (Lipinski definition) is 4. The third-order valence-electron chi connectivity index (χ3n) is 4.26. The van der Waals surface area contributed by atoms with Crippen molar-refractivity contribution in [3.63, 3.8) is 0 Å². The van der Waals surface area contributed by atoms with Crippen LogP contribution in [0.25, 0.3) is 11.0 Å². The molecule has 2 aromatic carbocycles. The molecule has 0 unspecified atom stereocenters. The number of H-pyrrole nitrogens is 1. The highest BCUT2D eigenvalue weighted by molar-refractivity contribution is 7.99. The molecule has 5 nitrogen and oxygen atoms in total. The van der Waals surface area contributed by atoms with E-state index in [1.165, 1.54) is 17.3 Å². The number of anilines is 1. The maximum atomic E-state index is 12.6. The van der Waals surface area contributed by atoms with E-state index in [4.69, 9.17) is 4.74 Å². The molecule has 2 heterocycles. The average Bonchev–Trinajstić information content (AvgIpc) is 3.23. The summed E-state index contributed by atoms with van der Waals surface area (Å²) in [7, 11) is 0. The van der Waals surface area contributed by atoms with Crippen LogP contribution in [0, 0.1) is 0 Å². The lowest BCUT2D eigenvalue weighted by molar-refractivity contribution is -0.116. The number of hydrogen-bond donors (Lipinski definition) is 1. The van der Waals surface area contributed by atoms with Crippen LogP contribution in [-0.4, -0.2) is 34.8 Å². The molecule has 0 aliphatic carbocycles. The average molecular weight is 353 g/mol. The van der Waals surface area contributed by atoms with Gasteiger partial charge in [0.1, 0.15) is 5.75 Å². The summed E-state index contributed by atoms with van der Waals surface area (Å²) in [6.45, 7) is 3.35. The second-order valence-electron chi connectivity index (χ2n) is 5.87. The maximum Gasteiger partial charge on any atom is 0.237 e. The van der Waals surface area contributed by atoms with Crippen molar-refractivity contribution in [1.29, 1.82) is 0 Å². The van der Waals surface area contributed by atoms with E-state index in [1.54, 1.807) is 0 Å². The Morgan fingerprint density at radius 2 is 2.20 bits per heavy atom. The Bertz CT molecular complexity index is 922. The van der Waals surface area contributed by atoms with Crippen molar-refractivity contribution in [1.82, 2.24) is 9.97 Å². The van der Waals surface area contributed by atoms with E-state index in [-0.39, 0.29) is 5.91 Å². The van der Waals surface area contributed by atoms with E-state index in [1.807, 2.05) is 48.2 Å². The summed E-state index contributed by atoms with van der Waals surface area (Å²) in [4.78, 5) is 22.3. The Labute approximate surface area is 150 Å². The second-order valence-corrected chi connectivity index (χ2v) is 6.83. The lowest BCUT2D eigenvalue weighted by atomic mass is 10.2. The van der Waals surface area contributed by atoms with Gasteiger partial charge < -0.3 is 14.6 Å². The third kappa shape index (κ3) is 3.22. The van der Waals surface area contributed by atoms with Crippen molar-refractivity contribution in [3.8, 4) is 5.75 Å². The van der Waals surface area contributed by atoms with Crippen LogP contribution in [-0.2, 0) is 11.2 Å². The minimum Gasteiger partial charge on any atom is -0.494 e. The summed E-state index contributed by atoms with van der Waals surface area (Å²) in [6, 6.07) is 13.9. The molecular weight excluding hydrogens is 334 g/mol. The number of carbonyl (C=O) groups excluding carboxylic acids is 1. The highest BCUT2D eigenvalue weighted by Gasteiger charge is 2.24. The molecule has 6 heteroatoms. The number of rotatable bonds is 5. The molecule has 128 valence electrons. The van der Waals surface area contributed by atoms with Gasteiger partial charge in [-0.25, -0.2) is 4.98 Å². The van der Waals surface area contributed by atoms with Crippen molar-refractivity contribution in [2.45, 2.75) is 18.5 Å². The van der Waals surface area contributed by atoms with Crippen LogP contribution < -0.4 is 9.64 Å². The Hall–Kier alpha value is -2.47. The Morgan fingerprint density at radius 3 is 3.08 bits per heavy atom. The van der Waals surface area contributed by atoms with Crippen molar-refractivity contribution in [2.75, 3.05) is 23.8 Å². The number of aromatic amines is 1. The van der Waals surface area contributed by atoms with E-state index in [2.05, 4.69) is 16.0 Å². The van der Waals surface area contributed by atoms with Crippen LogP contribution in [0.3, 0.4) is 0 Å². The summed E-state index contributed by atoms with van der Waals surface area (Å²) >= 11 is 1.44. The molecule has 1 aliphatic heterocycles. The van der Waals surface area contributed by atoms with Gasteiger partial charge in [-0.15, -0.1) is 0 Å². The topological polar surface area (TPSA) is 58.2 Å². The number of fused-ring (bicyclic) bond motifs is 2. The number of ether oxygens (including phenoxy) is 1. The summed E-state index contributed by atoms with van der Waals surface area (Å²) in [6.07, 6.45) is 0.928. The molecule has 3 aromatic rings. The summed E-state index contributed by atoms with van der Waals surface area (Å²) in [5.74, 6) is 1.30. The molecule has 1 N–H and O–H groups in total. The molecule has 0 saturated carbocycles. The minimum absolute atomic E-state index is 0.116. The predicted molar refractivity (Wildman–Crippen MR) is 100 cm³/mol. The number of carbonyl (C=O) groups is 1. The van der Waals surface area contributed by atoms with Crippen molar-refractivity contribution in [2.24, 2.45) is 0 Å². The lowest BCUT2D eigenvalue weighted by Gasteiger charge is -2.16. The molecule has 1 amide bonds. The molecule has 0 spiro atoms. The normalized spacial score (nSPS) is 13.2. The SMILES string of the molecule is CCOc1ccc2nc(SCC(=O)N3CCc4ccccc43)[nH]c2c1. The molecule has 25 heavy (non-hydrogen) atoms. The standard InChI is InChI=1S/C19H19N3O2S/c1-2-24-14-7-8-15-16(11-14)21-19(20-15)25-12-18(23)22-10-9-13-5-3-4-6-17(13)22/h3-8,11H,2,9-10,12H2,1H3,(H,20,21). The number of thioether (sulfide) groups is 1. The fourth-order valence-corrected chi connectivity index (χ4v) is 3.86. The number of benzene rings is 2. The molecule has 4 rings (SSSR count). The molecule has 0 fully saturated rings. The summed E-state index contributed by atoms with van der Waals surface area (Å²) in [5.41, 5.74) is 4.09. The first-order chi connectivity index (χ1) is 12.2. The van der Waals surface area contributed by atoms with Crippen LogP contribution in [0.15, 0.2) is 47.6 Å². The van der Waals surface area contributed by atoms with E-state index in [0.717, 1.165) is 40.6 Å². The smallest absolute Gasteiger partial charge is 0.237 e. The van der Waals surface area contributed by atoms with Gasteiger partial charge in [0.25, 0.3) is 0 Å². The molecule has 1 aliphatic rings. The zero-order valence-electron chi connectivity index (χ0n) is 14.0. The Balaban J connectivity index is 1.44. The minimum atomic E-state index is 0.116. The van der Waals surface area contributed by atoms with Gasteiger partial charge in [0, 0.05) is 18.3 Å². The number of para-hydroxylation sites is 1. The molecule has 1 aromatic heterocycles. The van der Waals surface area contributed by atoms with Gasteiger partial charge in [0.05, 0.1) is 23.4 Å². The molecular formula is C19H19N3O2S. The van der Waals surface area contributed by atoms with Crippen LogP contribution in [0.1, 0.15) is 12.5 Å². The van der Waals surface area contributed by atoms with Crippen molar-refractivity contribution < 1.29 is 9.53 Å². The van der Waals surface area contributed by atoms with E-state index in [0.29, 0.717) is 12.4 Å². The predicted octanol–water partition coefficient (Wildman–Crippen LogP) is 3.64. The second kappa shape index (κ2) is 6.80. The highest BCUT2D eigenvalue weighted by Crippen LogP contribution is 2.29. The van der Waals surface area contributed by atoms with E-state index >= 15 is 0 Å². The number of amides is 1. The van der Waals surface area contributed by atoms with Gasteiger partial charge in [0.15, 0.2) is 5.16 Å². The monoisotopic (exact) mass is 353 g/mol. The molecule has 0 saturated heterocycles. The number of nitrogens with zero attached hydrogens (tertiary/aromatic N) is 2. The summed E-state index contributed by atoms with van der Waals surface area (Å²) in [5, 5.41) is 0.754. The summed E-state index contributed by atoms with van der Waals surface area (Å²) < 4.78 is 5.51. The third-order valence-corrected chi connectivity index (χ3v) is 5.12.